The lowest BCUT2D eigenvalue weighted by atomic mass is 10.1. The second-order valence-corrected chi connectivity index (χ2v) is 9.44. The fourth-order valence-corrected chi connectivity index (χ4v) is 3.61. The molecular formula is C19H25N7O7S. The minimum Gasteiger partial charge on any atom is -0.467 e. The van der Waals surface area contributed by atoms with Crippen LogP contribution in [0.2, 0.25) is 0 Å². The molecule has 0 saturated heterocycles. The zero-order chi connectivity index (χ0) is 25.7. The Hall–Kier alpha value is -4.01. The van der Waals surface area contributed by atoms with Crippen molar-refractivity contribution < 1.29 is 32.3 Å². The number of carbonyl (C=O) groups is 3. The summed E-state index contributed by atoms with van der Waals surface area (Å²) < 4.78 is 36.9. The lowest BCUT2D eigenvalue weighted by Crippen LogP contribution is -2.43. The Morgan fingerprint density at radius 3 is 2.24 bits per heavy atom. The third-order valence-corrected chi connectivity index (χ3v) is 5.17. The number of aryl methyl sites for hydroxylation is 1. The SMILES string of the molecule is COC(=O)c1cc(NC(=O)NC(C)(C)C)ccc1S(=O)(=O)NC(=O)Nc1nc(C)nc(OC)n1. The average Bonchev–Trinajstić information content (AvgIpc) is 2.70. The first-order valence-electron chi connectivity index (χ1n) is 9.66. The van der Waals surface area contributed by atoms with Gasteiger partial charge in [0.2, 0.25) is 5.95 Å². The summed E-state index contributed by atoms with van der Waals surface area (Å²) in [7, 11) is -2.19. The highest BCUT2D eigenvalue weighted by Gasteiger charge is 2.26. The molecular weight excluding hydrogens is 470 g/mol. The van der Waals surface area contributed by atoms with E-state index in [9.17, 15) is 22.8 Å². The Morgan fingerprint density at radius 2 is 1.65 bits per heavy atom. The molecule has 0 fully saturated rings. The number of aromatic nitrogens is 3. The van der Waals surface area contributed by atoms with Crippen LogP contribution in [-0.2, 0) is 14.8 Å². The van der Waals surface area contributed by atoms with Gasteiger partial charge >= 0.3 is 24.0 Å². The van der Waals surface area contributed by atoms with Crippen molar-refractivity contribution in [2.75, 3.05) is 24.9 Å². The predicted molar refractivity (Wildman–Crippen MR) is 120 cm³/mol. The fourth-order valence-electron chi connectivity index (χ4n) is 2.52. The molecule has 1 aromatic carbocycles. The van der Waals surface area contributed by atoms with E-state index in [0.29, 0.717) is 0 Å². The Bertz CT molecular complexity index is 1210. The topological polar surface area (TPSA) is 191 Å². The van der Waals surface area contributed by atoms with Gasteiger partial charge in [0, 0.05) is 11.2 Å². The molecule has 1 heterocycles. The number of carbonyl (C=O) groups excluding carboxylic acids is 3. The van der Waals surface area contributed by atoms with Crippen LogP contribution in [0.15, 0.2) is 23.1 Å². The monoisotopic (exact) mass is 495 g/mol. The van der Waals surface area contributed by atoms with Crippen molar-refractivity contribution in [3.63, 3.8) is 0 Å². The molecule has 4 N–H and O–H groups in total. The Morgan fingerprint density at radius 1 is 0.971 bits per heavy atom. The largest absolute Gasteiger partial charge is 0.467 e. The summed E-state index contributed by atoms with van der Waals surface area (Å²) >= 11 is 0. The number of hydrogen-bond acceptors (Lipinski definition) is 10. The van der Waals surface area contributed by atoms with Gasteiger partial charge < -0.3 is 20.1 Å². The number of amides is 4. The van der Waals surface area contributed by atoms with Crippen molar-refractivity contribution in [3.05, 3.63) is 29.6 Å². The van der Waals surface area contributed by atoms with Crippen molar-refractivity contribution in [3.8, 4) is 6.01 Å². The Labute approximate surface area is 195 Å². The fraction of sp³-hybridized carbons (Fsp3) is 0.368. The van der Waals surface area contributed by atoms with E-state index in [4.69, 9.17) is 4.74 Å². The van der Waals surface area contributed by atoms with Crippen LogP contribution in [0.25, 0.3) is 0 Å². The van der Waals surface area contributed by atoms with Gasteiger partial charge in [0.15, 0.2) is 0 Å². The number of anilines is 2. The molecule has 15 heteroatoms. The predicted octanol–water partition coefficient (Wildman–Crippen LogP) is 1.41. The number of methoxy groups -OCH3 is 2. The van der Waals surface area contributed by atoms with Gasteiger partial charge in [0.25, 0.3) is 10.0 Å². The maximum Gasteiger partial charge on any atom is 0.339 e. The molecule has 0 bridgehead atoms. The average molecular weight is 496 g/mol. The number of nitrogens with zero attached hydrogens (tertiary/aromatic N) is 3. The Balaban J connectivity index is 2.29. The number of nitrogens with one attached hydrogen (secondary N) is 4. The summed E-state index contributed by atoms with van der Waals surface area (Å²) in [4.78, 5) is 47.6. The van der Waals surface area contributed by atoms with E-state index >= 15 is 0 Å². The van der Waals surface area contributed by atoms with Crippen molar-refractivity contribution in [1.29, 1.82) is 0 Å². The molecule has 0 unspecified atom stereocenters. The number of hydrogen-bond donors (Lipinski definition) is 4. The van der Waals surface area contributed by atoms with E-state index in [-0.39, 0.29) is 23.5 Å². The molecule has 0 aliphatic heterocycles. The first-order chi connectivity index (χ1) is 15.7. The molecule has 184 valence electrons. The second-order valence-electron chi connectivity index (χ2n) is 7.78. The molecule has 2 rings (SSSR count). The third kappa shape index (κ3) is 7.26. The maximum absolute atomic E-state index is 12.8. The van der Waals surface area contributed by atoms with E-state index in [2.05, 4.69) is 35.6 Å². The molecule has 0 spiro atoms. The van der Waals surface area contributed by atoms with Crippen LogP contribution in [0.4, 0.5) is 21.2 Å². The second kappa shape index (κ2) is 10.3. The summed E-state index contributed by atoms with van der Waals surface area (Å²) in [5, 5.41) is 7.31. The van der Waals surface area contributed by atoms with Gasteiger partial charge in [-0.3, -0.25) is 5.32 Å². The molecule has 1 aromatic heterocycles. The number of ether oxygens (including phenoxy) is 2. The summed E-state index contributed by atoms with van der Waals surface area (Å²) in [6, 6.07) is 1.55. The lowest BCUT2D eigenvalue weighted by Gasteiger charge is -2.21. The molecule has 0 aliphatic carbocycles. The zero-order valence-electron chi connectivity index (χ0n) is 19.3. The summed E-state index contributed by atoms with van der Waals surface area (Å²) in [5.74, 6) is -1.04. The first kappa shape index (κ1) is 26.2. The summed E-state index contributed by atoms with van der Waals surface area (Å²) in [5.41, 5.74) is -0.816. The summed E-state index contributed by atoms with van der Waals surface area (Å²) in [6.07, 6.45) is 0. The molecule has 4 amide bonds. The van der Waals surface area contributed by atoms with Gasteiger partial charge in [-0.25, -0.2) is 27.5 Å². The number of urea groups is 2. The van der Waals surface area contributed by atoms with E-state index in [1.165, 1.54) is 20.1 Å². The summed E-state index contributed by atoms with van der Waals surface area (Å²) in [6.45, 7) is 6.83. The van der Waals surface area contributed by atoms with Crippen LogP contribution >= 0.6 is 0 Å². The van der Waals surface area contributed by atoms with Crippen LogP contribution in [-0.4, -0.2) is 61.2 Å². The van der Waals surface area contributed by atoms with Gasteiger partial charge in [-0.2, -0.15) is 15.0 Å². The van der Waals surface area contributed by atoms with Gasteiger partial charge in [-0.15, -0.1) is 0 Å². The number of esters is 1. The Kier molecular flexibility index (Phi) is 7.94. The lowest BCUT2D eigenvalue weighted by molar-refractivity contribution is 0.0596. The van der Waals surface area contributed by atoms with Crippen molar-refractivity contribution in [2.45, 2.75) is 38.1 Å². The number of sulfonamides is 1. The third-order valence-electron chi connectivity index (χ3n) is 3.78. The quantitative estimate of drug-likeness (QED) is 0.426. The van der Waals surface area contributed by atoms with Crippen LogP contribution in [0.5, 0.6) is 6.01 Å². The minimum atomic E-state index is -4.56. The van der Waals surface area contributed by atoms with Crippen LogP contribution < -0.4 is 25.4 Å². The molecule has 0 radical (unpaired) electrons. The normalized spacial score (nSPS) is 11.2. The van der Waals surface area contributed by atoms with E-state index in [1.54, 1.807) is 25.5 Å². The highest BCUT2D eigenvalue weighted by molar-refractivity contribution is 7.90. The molecule has 34 heavy (non-hydrogen) atoms. The first-order valence-corrected chi connectivity index (χ1v) is 11.1. The van der Waals surface area contributed by atoms with E-state index < -0.39 is 44.1 Å². The highest BCUT2D eigenvalue weighted by Crippen LogP contribution is 2.22. The minimum absolute atomic E-state index is 0.0859. The highest BCUT2D eigenvalue weighted by atomic mass is 32.2. The van der Waals surface area contributed by atoms with Gasteiger partial charge in [-0.1, -0.05) is 0 Å². The van der Waals surface area contributed by atoms with Gasteiger partial charge in [0.05, 0.1) is 19.8 Å². The van der Waals surface area contributed by atoms with Crippen LogP contribution in [0.1, 0.15) is 37.0 Å². The van der Waals surface area contributed by atoms with E-state index in [0.717, 1.165) is 19.2 Å². The number of rotatable bonds is 6. The maximum atomic E-state index is 12.8. The van der Waals surface area contributed by atoms with E-state index in [1.807, 2.05) is 0 Å². The van der Waals surface area contributed by atoms with Crippen LogP contribution in [0, 0.1) is 6.92 Å². The molecule has 2 aromatic rings. The smallest absolute Gasteiger partial charge is 0.339 e. The molecule has 0 atom stereocenters. The van der Waals surface area contributed by atoms with Crippen molar-refractivity contribution >= 4 is 39.7 Å². The van der Waals surface area contributed by atoms with Gasteiger partial charge in [0.1, 0.15) is 10.7 Å². The number of benzene rings is 1. The van der Waals surface area contributed by atoms with Crippen LogP contribution in [0.3, 0.4) is 0 Å². The van der Waals surface area contributed by atoms with Crippen molar-refractivity contribution in [2.24, 2.45) is 0 Å². The standard InChI is InChI=1S/C19H25N7O7S/c1-10-20-15(24-18(21-10)33-6)23-17(29)26-34(30,31)13-8-7-11(9-12(13)14(27)32-5)22-16(28)25-19(2,3)4/h7-9H,1-6H3,(H2,22,25,28)(H2,20,21,23,24,26,29). The molecule has 0 aliphatic rings. The van der Waals surface area contributed by atoms with Crippen molar-refractivity contribution in [1.82, 2.24) is 25.0 Å². The van der Waals surface area contributed by atoms with Gasteiger partial charge in [-0.05, 0) is 45.9 Å². The zero-order valence-corrected chi connectivity index (χ0v) is 20.2. The molecule has 0 saturated carbocycles. The molecule has 14 nitrogen and oxygen atoms in total.